The average molecular weight is 282 g/mol. The van der Waals surface area contributed by atoms with Crippen LogP contribution in [0.5, 0.6) is 0 Å². The van der Waals surface area contributed by atoms with Crippen molar-refractivity contribution in [2.24, 2.45) is 11.1 Å². The lowest BCUT2D eigenvalue weighted by molar-refractivity contribution is -0.0473. The van der Waals surface area contributed by atoms with Gasteiger partial charge in [0.2, 0.25) is 0 Å². The van der Waals surface area contributed by atoms with Gasteiger partial charge in [0, 0.05) is 25.7 Å². The van der Waals surface area contributed by atoms with E-state index in [1.807, 2.05) is 0 Å². The highest BCUT2D eigenvalue weighted by Gasteiger charge is 2.40. The molecule has 2 rings (SSSR count). The van der Waals surface area contributed by atoms with E-state index in [1.165, 1.54) is 38.8 Å². The first kappa shape index (κ1) is 16.3. The fraction of sp³-hybridized carbons (Fsp3) is 1.00. The highest BCUT2D eigenvalue weighted by Crippen LogP contribution is 2.39. The molecule has 1 aliphatic carbocycles. The summed E-state index contributed by atoms with van der Waals surface area (Å²) in [6.45, 7) is 9.26. The van der Waals surface area contributed by atoms with Crippen LogP contribution in [0.4, 0.5) is 0 Å². The smallest absolute Gasteiger partial charge is 0.0597 e. The minimum Gasteiger partial charge on any atom is -0.377 e. The molecule has 0 aromatic heterocycles. The van der Waals surface area contributed by atoms with Crippen LogP contribution in [0.25, 0.3) is 0 Å². The van der Waals surface area contributed by atoms with Crippen molar-refractivity contribution >= 4 is 0 Å². The van der Waals surface area contributed by atoms with Gasteiger partial charge in [0.1, 0.15) is 0 Å². The van der Waals surface area contributed by atoms with Crippen LogP contribution in [0.1, 0.15) is 65.2 Å². The van der Waals surface area contributed by atoms with Gasteiger partial charge < -0.3 is 10.5 Å². The lowest BCUT2D eigenvalue weighted by atomic mass is 9.73. The number of likely N-dealkylation sites (tertiary alicyclic amines) is 1. The van der Waals surface area contributed by atoms with Crippen molar-refractivity contribution in [3.63, 3.8) is 0 Å². The van der Waals surface area contributed by atoms with Crippen LogP contribution in [0.2, 0.25) is 0 Å². The Labute approximate surface area is 125 Å². The Kier molecular flexibility index (Phi) is 6.31. The van der Waals surface area contributed by atoms with Crippen molar-refractivity contribution in [2.45, 2.75) is 77.4 Å². The molecule has 1 heterocycles. The molecule has 0 aromatic carbocycles. The van der Waals surface area contributed by atoms with Gasteiger partial charge >= 0.3 is 0 Å². The summed E-state index contributed by atoms with van der Waals surface area (Å²) < 4.78 is 6.03. The summed E-state index contributed by atoms with van der Waals surface area (Å²) >= 11 is 0. The fourth-order valence-corrected chi connectivity index (χ4v) is 4.17. The van der Waals surface area contributed by atoms with Gasteiger partial charge in [0.05, 0.1) is 12.7 Å². The molecule has 2 N–H and O–H groups in total. The van der Waals surface area contributed by atoms with E-state index >= 15 is 0 Å². The Hall–Kier alpha value is -0.120. The molecular weight excluding hydrogens is 248 g/mol. The third-order valence-corrected chi connectivity index (χ3v) is 5.16. The van der Waals surface area contributed by atoms with Gasteiger partial charge in [-0.3, -0.25) is 4.90 Å². The second-order valence-electron chi connectivity index (χ2n) is 7.12. The number of nitrogens with zero attached hydrogens (tertiary/aromatic N) is 1. The lowest BCUT2D eigenvalue weighted by Gasteiger charge is -2.51. The molecule has 2 fully saturated rings. The van der Waals surface area contributed by atoms with Crippen molar-refractivity contribution in [2.75, 3.05) is 26.2 Å². The van der Waals surface area contributed by atoms with Gasteiger partial charge in [-0.25, -0.2) is 0 Å². The van der Waals surface area contributed by atoms with Gasteiger partial charge in [-0.05, 0) is 43.9 Å². The normalized spacial score (nSPS) is 30.1. The maximum Gasteiger partial charge on any atom is 0.0597 e. The average Bonchev–Trinajstić information content (AvgIpc) is 2.39. The molecule has 1 aliphatic heterocycles. The molecule has 0 unspecified atom stereocenters. The topological polar surface area (TPSA) is 38.5 Å². The molecule has 0 amide bonds. The monoisotopic (exact) mass is 282 g/mol. The molecule has 3 heteroatoms. The number of hydrogen-bond donors (Lipinski definition) is 1. The minimum atomic E-state index is 0.425. The van der Waals surface area contributed by atoms with Gasteiger partial charge in [-0.1, -0.05) is 26.7 Å². The zero-order valence-electron chi connectivity index (χ0n) is 13.6. The molecular formula is C17H34N2O. The van der Waals surface area contributed by atoms with E-state index in [-0.39, 0.29) is 0 Å². The Morgan fingerprint density at radius 1 is 1.05 bits per heavy atom. The maximum atomic E-state index is 6.03. The second-order valence-corrected chi connectivity index (χ2v) is 7.12. The van der Waals surface area contributed by atoms with Crippen LogP contribution in [0.15, 0.2) is 0 Å². The molecule has 0 spiro atoms. The minimum absolute atomic E-state index is 0.425. The van der Waals surface area contributed by atoms with Crippen molar-refractivity contribution in [1.29, 1.82) is 0 Å². The van der Waals surface area contributed by atoms with E-state index in [0.717, 1.165) is 38.8 Å². The predicted molar refractivity (Wildman–Crippen MR) is 84.9 cm³/mol. The van der Waals surface area contributed by atoms with Crippen molar-refractivity contribution in [3.8, 4) is 0 Å². The molecule has 0 bridgehead atoms. The van der Waals surface area contributed by atoms with Crippen molar-refractivity contribution in [3.05, 3.63) is 0 Å². The van der Waals surface area contributed by atoms with Crippen LogP contribution in [-0.4, -0.2) is 43.3 Å². The predicted octanol–water partition coefficient (Wildman–Crippen LogP) is 3.18. The third-order valence-electron chi connectivity index (χ3n) is 5.16. The number of rotatable bonds is 8. The van der Waals surface area contributed by atoms with Crippen LogP contribution >= 0.6 is 0 Å². The van der Waals surface area contributed by atoms with Gasteiger partial charge in [0.15, 0.2) is 0 Å². The maximum absolute atomic E-state index is 6.03. The number of hydrogen-bond acceptors (Lipinski definition) is 3. The summed E-state index contributed by atoms with van der Waals surface area (Å²) in [6, 6.07) is 0.425. The van der Waals surface area contributed by atoms with Crippen LogP contribution in [0, 0.1) is 5.41 Å². The van der Waals surface area contributed by atoms with Crippen LogP contribution < -0.4 is 5.73 Å². The first-order valence-electron chi connectivity index (χ1n) is 8.77. The lowest BCUT2D eigenvalue weighted by Crippen LogP contribution is -2.57. The second kappa shape index (κ2) is 7.77. The SMILES string of the molecule is CCCC1(CCC)CN(CCOC2CCC(N)CC2)C1. The highest BCUT2D eigenvalue weighted by molar-refractivity contribution is 4.94. The molecule has 0 atom stereocenters. The molecule has 2 aliphatic rings. The van der Waals surface area contributed by atoms with E-state index < -0.39 is 0 Å². The fourth-order valence-electron chi connectivity index (χ4n) is 4.17. The largest absolute Gasteiger partial charge is 0.377 e. The van der Waals surface area contributed by atoms with Crippen molar-refractivity contribution < 1.29 is 4.74 Å². The Bertz CT molecular complexity index is 260. The van der Waals surface area contributed by atoms with E-state index in [9.17, 15) is 0 Å². The quantitative estimate of drug-likeness (QED) is 0.743. The van der Waals surface area contributed by atoms with Crippen LogP contribution in [0.3, 0.4) is 0 Å². The number of ether oxygens (including phenoxy) is 1. The first-order valence-corrected chi connectivity index (χ1v) is 8.77. The summed E-state index contributed by atoms with van der Waals surface area (Å²) in [7, 11) is 0. The molecule has 3 nitrogen and oxygen atoms in total. The van der Waals surface area contributed by atoms with Crippen LogP contribution in [-0.2, 0) is 4.74 Å². The third kappa shape index (κ3) is 4.44. The zero-order valence-corrected chi connectivity index (χ0v) is 13.6. The Balaban J connectivity index is 1.57. The summed E-state index contributed by atoms with van der Waals surface area (Å²) in [5.74, 6) is 0. The molecule has 0 radical (unpaired) electrons. The standard InChI is InChI=1S/C17H34N2O/c1-3-9-17(10-4-2)13-19(14-17)11-12-20-16-7-5-15(18)6-8-16/h15-16H,3-14,18H2,1-2H3. The summed E-state index contributed by atoms with van der Waals surface area (Å²) in [5, 5.41) is 0. The highest BCUT2D eigenvalue weighted by atomic mass is 16.5. The zero-order chi connectivity index (χ0) is 14.4. The van der Waals surface area contributed by atoms with E-state index in [0.29, 0.717) is 17.6 Å². The summed E-state index contributed by atoms with van der Waals surface area (Å²) in [4.78, 5) is 2.58. The first-order chi connectivity index (χ1) is 9.67. The van der Waals surface area contributed by atoms with Gasteiger partial charge in [0.25, 0.3) is 0 Å². The van der Waals surface area contributed by atoms with Gasteiger partial charge in [-0.2, -0.15) is 0 Å². The Morgan fingerprint density at radius 3 is 2.20 bits per heavy atom. The van der Waals surface area contributed by atoms with E-state index in [2.05, 4.69) is 18.7 Å². The molecule has 20 heavy (non-hydrogen) atoms. The molecule has 0 aromatic rings. The molecule has 118 valence electrons. The van der Waals surface area contributed by atoms with E-state index in [1.54, 1.807) is 0 Å². The number of nitrogens with two attached hydrogens (primary N) is 1. The van der Waals surface area contributed by atoms with Crippen molar-refractivity contribution in [1.82, 2.24) is 4.90 Å². The Morgan fingerprint density at radius 2 is 1.65 bits per heavy atom. The van der Waals surface area contributed by atoms with E-state index in [4.69, 9.17) is 10.5 Å². The molecule has 1 saturated carbocycles. The van der Waals surface area contributed by atoms with Gasteiger partial charge in [-0.15, -0.1) is 0 Å². The molecule has 1 saturated heterocycles. The summed E-state index contributed by atoms with van der Waals surface area (Å²) in [6.07, 6.45) is 10.5. The summed E-state index contributed by atoms with van der Waals surface area (Å²) in [5.41, 5.74) is 6.57.